The van der Waals surface area contributed by atoms with E-state index < -0.39 is 16.1 Å². The lowest BCUT2D eigenvalue weighted by Crippen LogP contribution is -2.56. The molecular formula is C13H25N3O3S. The summed E-state index contributed by atoms with van der Waals surface area (Å²) < 4.78 is 28.7. The van der Waals surface area contributed by atoms with Gasteiger partial charge in [-0.25, -0.2) is 0 Å². The smallest absolute Gasteiger partial charge is 0.282 e. The number of piperidine rings is 2. The average Bonchev–Trinajstić information content (AvgIpc) is 2.39. The SMILES string of the molecule is CC1CCCCN1S(=O)(=O)N1CC(C(N)=O)CCC1C. The molecular weight excluding hydrogens is 278 g/mol. The van der Waals surface area contributed by atoms with Gasteiger partial charge in [0, 0.05) is 25.2 Å². The first-order chi connectivity index (χ1) is 9.34. The molecule has 3 unspecified atom stereocenters. The van der Waals surface area contributed by atoms with E-state index in [1.165, 1.54) is 4.31 Å². The van der Waals surface area contributed by atoms with Crippen LogP contribution in [0.15, 0.2) is 0 Å². The number of carbonyl (C=O) groups is 1. The highest BCUT2D eigenvalue weighted by Gasteiger charge is 2.41. The van der Waals surface area contributed by atoms with Crippen LogP contribution in [0.3, 0.4) is 0 Å². The second-order valence-corrected chi connectivity index (χ2v) is 7.89. The number of hydrogen-bond acceptors (Lipinski definition) is 3. The standard InChI is InChI=1S/C13H25N3O3S/c1-10-5-3-4-8-15(10)20(18,19)16-9-12(13(14)17)7-6-11(16)2/h10-12H,3-9H2,1-2H3,(H2,14,17). The maximum Gasteiger partial charge on any atom is 0.282 e. The highest BCUT2D eigenvalue weighted by atomic mass is 32.2. The predicted molar refractivity (Wildman–Crippen MR) is 77.0 cm³/mol. The highest BCUT2D eigenvalue weighted by molar-refractivity contribution is 7.86. The van der Waals surface area contributed by atoms with E-state index in [2.05, 4.69) is 0 Å². The predicted octanol–water partition coefficient (Wildman–Crippen LogP) is 0.691. The van der Waals surface area contributed by atoms with Crippen molar-refractivity contribution in [2.75, 3.05) is 13.1 Å². The van der Waals surface area contributed by atoms with Crippen LogP contribution in [0.25, 0.3) is 0 Å². The van der Waals surface area contributed by atoms with Crippen LogP contribution < -0.4 is 5.73 Å². The summed E-state index contributed by atoms with van der Waals surface area (Å²) in [6.07, 6.45) is 4.26. The second-order valence-electron chi connectivity index (χ2n) is 6.06. The molecule has 0 saturated carbocycles. The lowest BCUT2D eigenvalue weighted by atomic mass is 9.95. The van der Waals surface area contributed by atoms with E-state index >= 15 is 0 Å². The first-order valence-corrected chi connectivity index (χ1v) is 8.81. The van der Waals surface area contributed by atoms with E-state index in [1.54, 1.807) is 4.31 Å². The fourth-order valence-corrected chi connectivity index (χ4v) is 5.30. The molecule has 7 heteroatoms. The summed E-state index contributed by atoms with van der Waals surface area (Å²) in [7, 11) is -3.49. The maximum absolute atomic E-state index is 12.8. The minimum Gasteiger partial charge on any atom is -0.369 e. The number of primary amides is 1. The quantitative estimate of drug-likeness (QED) is 0.832. The summed E-state index contributed by atoms with van der Waals surface area (Å²) in [5.74, 6) is -0.759. The summed E-state index contributed by atoms with van der Waals surface area (Å²) >= 11 is 0. The van der Waals surface area contributed by atoms with Crippen LogP contribution in [0, 0.1) is 5.92 Å². The fraction of sp³-hybridized carbons (Fsp3) is 0.923. The molecule has 2 N–H and O–H groups in total. The van der Waals surface area contributed by atoms with E-state index in [-0.39, 0.29) is 24.5 Å². The van der Waals surface area contributed by atoms with Gasteiger partial charge in [-0.2, -0.15) is 17.0 Å². The van der Waals surface area contributed by atoms with Gasteiger partial charge >= 0.3 is 0 Å². The van der Waals surface area contributed by atoms with Crippen LogP contribution in [0.5, 0.6) is 0 Å². The molecule has 0 bridgehead atoms. The number of rotatable bonds is 3. The van der Waals surface area contributed by atoms with Crippen LogP contribution in [-0.2, 0) is 15.0 Å². The van der Waals surface area contributed by atoms with Crippen LogP contribution in [-0.4, -0.2) is 48.1 Å². The summed E-state index contributed by atoms with van der Waals surface area (Å²) in [5.41, 5.74) is 5.35. The van der Waals surface area contributed by atoms with Crippen molar-refractivity contribution >= 4 is 16.1 Å². The minimum atomic E-state index is -3.49. The second kappa shape index (κ2) is 5.99. The van der Waals surface area contributed by atoms with Crippen molar-refractivity contribution in [3.63, 3.8) is 0 Å². The van der Waals surface area contributed by atoms with Gasteiger partial charge in [0.1, 0.15) is 0 Å². The number of amides is 1. The van der Waals surface area contributed by atoms with Crippen molar-refractivity contribution < 1.29 is 13.2 Å². The van der Waals surface area contributed by atoms with Crippen LogP contribution in [0.4, 0.5) is 0 Å². The Morgan fingerprint density at radius 3 is 2.30 bits per heavy atom. The molecule has 1 amide bonds. The van der Waals surface area contributed by atoms with Crippen molar-refractivity contribution in [3.8, 4) is 0 Å². The van der Waals surface area contributed by atoms with E-state index in [0.29, 0.717) is 19.4 Å². The van der Waals surface area contributed by atoms with Crippen LogP contribution in [0.2, 0.25) is 0 Å². The highest BCUT2D eigenvalue weighted by Crippen LogP contribution is 2.29. The molecule has 0 aliphatic carbocycles. The Bertz CT molecular complexity index is 465. The van der Waals surface area contributed by atoms with Gasteiger partial charge < -0.3 is 5.73 Å². The molecule has 2 heterocycles. The minimum absolute atomic E-state index is 0.0369. The van der Waals surface area contributed by atoms with E-state index in [9.17, 15) is 13.2 Å². The zero-order valence-electron chi connectivity index (χ0n) is 12.3. The zero-order valence-corrected chi connectivity index (χ0v) is 13.1. The summed E-state index contributed by atoms with van der Waals surface area (Å²) in [6, 6.07) is -0.0281. The van der Waals surface area contributed by atoms with Gasteiger partial charge in [0.05, 0.1) is 5.92 Å². The van der Waals surface area contributed by atoms with Gasteiger partial charge in [-0.05, 0) is 39.5 Å². The number of nitrogens with zero attached hydrogens (tertiary/aromatic N) is 2. The first-order valence-electron chi connectivity index (χ1n) is 7.42. The molecule has 2 aliphatic rings. The van der Waals surface area contributed by atoms with Crippen molar-refractivity contribution in [3.05, 3.63) is 0 Å². The lowest BCUT2D eigenvalue weighted by Gasteiger charge is -2.41. The number of hydrogen-bond donors (Lipinski definition) is 1. The van der Waals surface area contributed by atoms with Gasteiger partial charge in [0.15, 0.2) is 0 Å². The third-order valence-corrected chi connectivity index (χ3v) is 6.80. The van der Waals surface area contributed by atoms with Crippen molar-refractivity contribution in [1.29, 1.82) is 0 Å². The Hall–Kier alpha value is -0.660. The molecule has 2 saturated heterocycles. The molecule has 6 nitrogen and oxygen atoms in total. The zero-order chi connectivity index (χ0) is 14.9. The Morgan fingerprint density at radius 2 is 1.70 bits per heavy atom. The van der Waals surface area contributed by atoms with Gasteiger partial charge in [-0.15, -0.1) is 0 Å². The molecule has 3 atom stereocenters. The molecule has 2 fully saturated rings. The average molecular weight is 303 g/mol. The van der Waals surface area contributed by atoms with Crippen LogP contribution in [0.1, 0.15) is 46.0 Å². The molecule has 0 aromatic heterocycles. The number of carbonyl (C=O) groups excluding carboxylic acids is 1. The van der Waals surface area contributed by atoms with E-state index in [4.69, 9.17) is 5.73 Å². The third-order valence-electron chi connectivity index (χ3n) is 4.56. The molecule has 0 aromatic rings. The summed E-state index contributed by atoms with van der Waals surface area (Å²) in [4.78, 5) is 11.4. The van der Waals surface area contributed by atoms with Crippen LogP contribution >= 0.6 is 0 Å². The number of nitrogens with two attached hydrogens (primary N) is 1. The lowest BCUT2D eigenvalue weighted by molar-refractivity contribution is -0.123. The molecule has 116 valence electrons. The Morgan fingerprint density at radius 1 is 1.05 bits per heavy atom. The van der Waals surface area contributed by atoms with Gasteiger partial charge in [0.25, 0.3) is 10.2 Å². The molecule has 0 radical (unpaired) electrons. The monoisotopic (exact) mass is 303 g/mol. The largest absolute Gasteiger partial charge is 0.369 e. The molecule has 2 aliphatic heterocycles. The Labute approximate surface area is 121 Å². The first kappa shape index (κ1) is 15.7. The molecule has 0 spiro atoms. The normalized spacial score (nSPS) is 34.0. The van der Waals surface area contributed by atoms with Gasteiger partial charge in [-0.1, -0.05) is 6.42 Å². The molecule has 20 heavy (non-hydrogen) atoms. The maximum atomic E-state index is 12.8. The Kier molecular flexibility index (Phi) is 4.71. The molecule has 2 rings (SSSR count). The summed E-state index contributed by atoms with van der Waals surface area (Å²) in [6.45, 7) is 4.66. The van der Waals surface area contributed by atoms with E-state index in [1.807, 2.05) is 13.8 Å². The topological polar surface area (TPSA) is 83.7 Å². The molecule has 0 aromatic carbocycles. The third kappa shape index (κ3) is 2.99. The Balaban J connectivity index is 2.20. The van der Waals surface area contributed by atoms with Crippen molar-refractivity contribution in [1.82, 2.24) is 8.61 Å². The van der Waals surface area contributed by atoms with E-state index in [0.717, 1.165) is 19.3 Å². The summed E-state index contributed by atoms with van der Waals surface area (Å²) in [5, 5.41) is 0. The van der Waals surface area contributed by atoms with Gasteiger partial charge in [0.2, 0.25) is 5.91 Å². The van der Waals surface area contributed by atoms with Crippen molar-refractivity contribution in [2.24, 2.45) is 11.7 Å². The van der Waals surface area contributed by atoms with Gasteiger partial charge in [-0.3, -0.25) is 4.79 Å². The van der Waals surface area contributed by atoms with Crippen molar-refractivity contribution in [2.45, 2.75) is 58.0 Å². The fourth-order valence-electron chi connectivity index (χ4n) is 3.18.